The summed E-state index contributed by atoms with van der Waals surface area (Å²) >= 11 is 3.39. The number of anilines is 1. The number of esters is 1. The molecule has 0 radical (unpaired) electrons. The van der Waals surface area contributed by atoms with Crippen molar-refractivity contribution in [2.45, 2.75) is 38.6 Å². The third-order valence-corrected chi connectivity index (χ3v) is 6.86. The largest absolute Gasteiger partial charge is 0.573 e. The average molecular weight is 601 g/mol. The second-order valence-corrected chi connectivity index (χ2v) is 9.89. The van der Waals surface area contributed by atoms with Crippen LogP contribution in [0.3, 0.4) is 0 Å². The Balaban J connectivity index is 1.53. The first-order valence-electron chi connectivity index (χ1n) is 12.4. The minimum atomic E-state index is -4.77. The summed E-state index contributed by atoms with van der Waals surface area (Å²) < 4.78 is 47.6. The van der Waals surface area contributed by atoms with E-state index in [2.05, 4.69) is 20.7 Å². The number of hydrogen-bond acceptors (Lipinski definition) is 6. The number of aromatic nitrogens is 1. The van der Waals surface area contributed by atoms with Gasteiger partial charge in [0.25, 0.3) is 0 Å². The van der Waals surface area contributed by atoms with Crippen LogP contribution in [0.4, 0.5) is 19.0 Å². The molecule has 39 heavy (non-hydrogen) atoms. The van der Waals surface area contributed by atoms with Crippen LogP contribution in [-0.4, -0.2) is 23.9 Å². The number of hydroxylamine groups is 1. The molecule has 0 unspecified atom stereocenters. The van der Waals surface area contributed by atoms with Gasteiger partial charge >= 0.3 is 12.3 Å². The number of alkyl halides is 3. The fourth-order valence-electron chi connectivity index (χ4n) is 4.32. The van der Waals surface area contributed by atoms with Gasteiger partial charge in [0.15, 0.2) is 11.6 Å². The van der Waals surface area contributed by atoms with Crippen LogP contribution in [0, 0.1) is 0 Å². The summed E-state index contributed by atoms with van der Waals surface area (Å²) in [6.07, 6.45) is -0.960. The van der Waals surface area contributed by atoms with Crippen molar-refractivity contribution >= 4 is 38.5 Å². The van der Waals surface area contributed by atoms with Crippen molar-refractivity contribution < 1.29 is 32.3 Å². The molecule has 1 aliphatic carbocycles. The smallest absolute Gasteiger partial charge is 0.462 e. The maximum absolute atomic E-state index is 12.6. The van der Waals surface area contributed by atoms with E-state index in [4.69, 9.17) is 14.6 Å². The number of ether oxygens (including phenoxy) is 2. The normalized spacial score (nSPS) is 13.3. The molecule has 3 aromatic carbocycles. The molecule has 6 nitrogen and oxygen atoms in total. The maximum Gasteiger partial charge on any atom is 0.573 e. The molecule has 5 rings (SSSR count). The first kappa shape index (κ1) is 26.8. The quantitative estimate of drug-likeness (QED) is 0.143. The fourth-order valence-corrected chi connectivity index (χ4v) is 4.72. The lowest BCUT2D eigenvalue weighted by Gasteiger charge is -2.27. The summed E-state index contributed by atoms with van der Waals surface area (Å²) in [6, 6.07) is 18.6. The maximum atomic E-state index is 12.6. The van der Waals surface area contributed by atoms with Gasteiger partial charge in [-0.1, -0.05) is 36.4 Å². The lowest BCUT2D eigenvalue weighted by Crippen LogP contribution is -2.29. The minimum Gasteiger partial charge on any atom is -0.462 e. The topological polar surface area (TPSA) is 60.9 Å². The molecule has 0 amide bonds. The van der Waals surface area contributed by atoms with E-state index in [1.54, 1.807) is 48.5 Å². The van der Waals surface area contributed by atoms with Crippen LogP contribution in [-0.2, 0) is 11.3 Å². The molecule has 10 heteroatoms. The number of benzene rings is 3. The molecule has 4 aromatic rings. The van der Waals surface area contributed by atoms with Crippen LogP contribution in [0.5, 0.6) is 11.5 Å². The van der Waals surface area contributed by atoms with Gasteiger partial charge in [0.05, 0.1) is 18.7 Å². The molecular weight excluding hydrogens is 577 g/mol. The number of carbonyl (C=O) groups is 1. The highest BCUT2D eigenvalue weighted by Crippen LogP contribution is 2.47. The minimum absolute atomic E-state index is 0.169. The number of rotatable bonds is 9. The molecule has 1 aliphatic rings. The molecular formula is C29H24BrF3N2O4. The zero-order valence-corrected chi connectivity index (χ0v) is 22.5. The summed E-state index contributed by atoms with van der Waals surface area (Å²) in [5.74, 6) is 0.479. The van der Waals surface area contributed by atoms with E-state index < -0.39 is 12.3 Å². The Kier molecular flexibility index (Phi) is 7.65. The summed E-state index contributed by atoms with van der Waals surface area (Å²) in [7, 11) is 0. The predicted molar refractivity (Wildman–Crippen MR) is 144 cm³/mol. The van der Waals surface area contributed by atoms with E-state index in [9.17, 15) is 18.0 Å². The Morgan fingerprint density at radius 1 is 1.05 bits per heavy atom. The number of carbonyl (C=O) groups excluding carboxylic acids is 1. The molecule has 1 saturated carbocycles. The van der Waals surface area contributed by atoms with Crippen LogP contribution in [0.1, 0.15) is 47.2 Å². The van der Waals surface area contributed by atoms with E-state index in [1.165, 1.54) is 12.1 Å². The molecule has 202 valence electrons. The highest BCUT2D eigenvalue weighted by Gasteiger charge is 2.32. The number of hydrogen-bond donors (Lipinski definition) is 0. The zero-order valence-electron chi connectivity index (χ0n) is 20.9. The van der Waals surface area contributed by atoms with E-state index >= 15 is 0 Å². The van der Waals surface area contributed by atoms with E-state index in [0.717, 1.165) is 29.2 Å². The number of pyridine rings is 1. The van der Waals surface area contributed by atoms with Crippen molar-refractivity contribution in [2.75, 3.05) is 11.7 Å². The first-order valence-corrected chi connectivity index (χ1v) is 13.2. The molecule has 1 fully saturated rings. The lowest BCUT2D eigenvalue weighted by molar-refractivity contribution is -0.274. The van der Waals surface area contributed by atoms with Gasteiger partial charge in [0, 0.05) is 21.6 Å². The van der Waals surface area contributed by atoms with Gasteiger partial charge in [0.2, 0.25) is 0 Å². The second-order valence-electron chi connectivity index (χ2n) is 9.04. The van der Waals surface area contributed by atoms with Gasteiger partial charge in [0.1, 0.15) is 5.75 Å². The molecule has 0 spiro atoms. The number of nitrogens with zero attached hydrogens (tertiary/aromatic N) is 2. The van der Waals surface area contributed by atoms with Crippen molar-refractivity contribution in [2.24, 2.45) is 0 Å². The van der Waals surface area contributed by atoms with Gasteiger partial charge in [-0.2, -0.15) is 5.06 Å². The highest BCUT2D eigenvalue weighted by atomic mass is 79.9. The Bertz CT molecular complexity index is 1490. The summed E-state index contributed by atoms with van der Waals surface area (Å²) in [4.78, 5) is 23.6. The van der Waals surface area contributed by atoms with Crippen LogP contribution in [0.15, 0.2) is 77.4 Å². The highest BCUT2D eigenvalue weighted by molar-refractivity contribution is 9.10. The van der Waals surface area contributed by atoms with Gasteiger partial charge < -0.3 is 14.3 Å². The van der Waals surface area contributed by atoms with Crippen LogP contribution >= 0.6 is 15.9 Å². The molecule has 1 aromatic heterocycles. The Labute approximate surface area is 231 Å². The summed E-state index contributed by atoms with van der Waals surface area (Å²) in [5, 5.41) is 3.68. The Morgan fingerprint density at radius 2 is 1.77 bits per heavy atom. The fraction of sp³-hybridized carbons (Fsp3) is 0.241. The van der Waals surface area contributed by atoms with E-state index in [1.807, 2.05) is 24.3 Å². The number of fused-ring (bicyclic) bond motifs is 1. The Hall–Kier alpha value is -3.79. The van der Waals surface area contributed by atoms with Crippen LogP contribution in [0.2, 0.25) is 0 Å². The van der Waals surface area contributed by atoms with Gasteiger partial charge in [-0.15, -0.1) is 13.2 Å². The third kappa shape index (κ3) is 6.44. The SMILES string of the molecule is CCOC(=O)c1cc(ON(Cc2ccc(OC(F)(F)F)cc2)c2ncc3ccccc3c2C2CC2)ccc1Br. The standard InChI is InChI=1S/C29H24BrF3N2O4/c1-2-37-28(36)24-15-22(13-14-25(24)30)39-35(17-18-7-11-21(12-8-18)38-29(31,32)33)27-26(19-9-10-19)23-6-4-3-5-20(23)16-34-27/h3-8,11-16,19H,2,9-10,17H2,1H3. The predicted octanol–water partition coefficient (Wildman–Crippen LogP) is 7.95. The average Bonchev–Trinajstić information content (AvgIpc) is 3.74. The van der Waals surface area contributed by atoms with Crippen LogP contribution in [0.25, 0.3) is 10.8 Å². The molecule has 0 atom stereocenters. The monoisotopic (exact) mass is 600 g/mol. The van der Waals surface area contributed by atoms with E-state index in [0.29, 0.717) is 33.1 Å². The third-order valence-electron chi connectivity index (χ3n) is 6.17. The van der Waals surface area contributed by atoms with Crippen molar-refractivity contribution in [3.8, 4) is 11.5 Å². The van der Waals surface area contributed by atoms with Crippen molar-refractivity contribution in [1.82, 2.24) is 4.98 Å². The van der Waals surface area contributed by atoms with Crippen molar-refractivity contribution in [3.63, 3.8) is 0 Å². The lowest BCUT2D eigenvalue weighted by atomic mass is 10.0. The first-order chi connectivity index (χ1) is 18.7. The van der Waals surface area contributed by atoms with Gasteiger partial charge in [-0.3, -0.25) is 0 Å². The second kappa shape index (κ2) is 11.1. The number of halogens is 4. The summed E-state index contributed by atoms with van der Waals surface area (Å²) in [5.41, 5.74) is 2.02. The van der Waals surface area contributed by atoms with Crippen molar-refractivity contribution in [1.29, 1.82) is 0 Å². The van der Waals surface area contributed by atoms with Gasteiger partial charge in [-0.05, 0) is 82.9 Å². The van der Waals surface area contributed by atoms with Crippen molar-refractivity contribution in [3.05, 3.63) is 94.1 Å². The molecule has 1 heterocycles. The van der Waals surface area contributed by atoms with Crippen LogP contribution < -0.4 is 14.6 Å². The molecule has 0 saturated heterocycles. The van der Waals surface area contributed by atoms with Gasteiger partial charge in [-0.25, -0.2) is 9.78 Å². The molecule has 0 N–H and O–H groups in total. The van der Waals surface area contributed by atoms with E-state index in [-0.39, 0.29) is 18.9 Å². The Morgan fingerprint density at radius 3 is 2.46 bits per heavy atom. The molecule has 0 bridgehead atoms. The zero-order chi connectivity index (χ0) is 27.6. The summed E-state index contributed by atoms with van der Waals surface area (Å²) in [6.45, 7) is 2.12. The molecule has 0 aliphatic heterocycles.